The minimum Gasteiger partial charge on any atom is -0.352 e. The van der Waals surface area contributed by atoms with Gasteiger partial charge in [0.2, 0.25) is 11.8 Å². The van der Waals surface area contributed by atoms with Crippen molar-refractivity contribution in [3.63, 3.8) is 0 Å². The van der Waals surface area contributed by atoms with Gasteiger partial charge in [-0.05, 0) is 37.0 Å². The standard InChI is InChI=1S/C17H23N3O2/c21-16(19-12-13-5-7-18-8-6-13)14-11-15(14)17(22)20-9-3-1-2-4-10-20/h5-8,14-15H,1-4,9-12H2,(H,19,21). The monoisotopic (exact) mass is 301 g/mol. The second kappa shape index (κ2) is 6.90. The number of carbonyl (C=O) groups excluding carboxylic acids is 2. The van der Waals surface area contributed by atoms with Crippen molar-refractivity contribution in [2.45, 2.75) is 38.6 Å². The van der Waals surface area contributed by atoms with Crippen LogP contribution in [0.4, 0.5) is 0 Å². The molecule has 2 aliphatic rings. The molecule has 2 atom stereocenters. The Balaban J connectivity index is 1.46. The average Bonchev–Trinajstić information content (AvgIpc) is 3.36. The first-order chi connectivity index (χ1) is 10.8. The van der Waals surface area contributed by atoms with Crippen molar-refractivity contribution in [1.29, 1.82) is 0 Å². The van der Waals surface area contributed by atoms with Crippen LogP contribution < -0.4 is 5.32 Å². The predicted molar refractivity (Wildman–Crippen MR) is 82.7 cm³/mol. The van der Waals surface area contributed by atoms with Gasteiger partial charge in [-0.15, -0.1) is 0 Å². The molecule has 22 heavy (non-hydrogen) atoms. The van der Waals surface area contributed by atoms with E-state index in [9.17, 15) is 9.59 Å². The van der Waals surface area contributed by atoms with Crippen LogP contribution >= 0.6 is 0 Å². The molecule has 3 rings (SSSR count). The normalized spacial score (nSPS) is 24.5. The van der Waals surface area contributed by atoms with Crippen molar-refractivity contribution in [2.75, 3.05) is 13.1 Å². The topological polar surface area (TPSA) is 62.3 Å². The van der Waals surface area contributed by atoms with Crippen LogP contribution in [0, 0.1) is 11.8 Å². The number of hydrogen-bond donors (Lipinski definition) is 1. The Hall–Kier alpha value is -1.91. The summed E-state index contributed by atoms with van der Waals surface area (Å²) in [5.41, 5.74) is 1.03. The molecule has 2 unspecified atom stereocenters. The maximum Gasteiger partial charge on any atom is 0.226 e. The smallest absolute Gasteiger partial charge is 0.226 e. The lowest BCUT2D eigenvalue weighted by Crippen LogP contribution is -2.35. The Labute approximate surface area is 131 Å². The molecule has 5 nitrogen and oxygen atoms in total. The van der Waals surface area contributed by atoms with E-state index in [2.05, 4.69) is 10.3 Å². The number of likely N-dealkylation sites (tertiary alicyclic amines) is 1. The van der Waals surface area contributed by atoms with E-state index in [1.807, 2.05) is 17.0 Å². The summed E-state index contributed by atoms with van der Waals surface area (Å²) >= 11 is 0. The maximum absolute atomic E-state index is 12.4. The van der Waals surface area contributed by atoms with Crippen LogP contribution in [0.2, 0.25) is 0 Å². The molecule has 5 heteroatoms. The lowest BCUT2D eigenvalue weighted by Gasteiger charge is -2.20. The molecular formula is C17H23N3O2. The van der Waals surface area contributed by atoms with Gasteiger partial charge in [0.1, 0.15) is 0 Å². The molecule has 0 bridgehead atoms. The quantitative estimate of drug-likeness (QED) is 0.921. The first kappa shape index (κ1) is 15.0. The van der Waals surface area contributed by atoms with E-state index in [0.717, 1.165) is 31.5 Å². The summed E-state index contributed by atoms with van der Waals surface area (Å²) in [5.74, 6) is -0.0240. The number of carbonyl (C=O) groups is 2. The van der Waals surface area contributed by atoms with Crippen LogP contribution in [0.3, 0.4) is 0 Å². The molecule has 2 amide bonds. The summed E-state index contributed by atoms with van der Waals surface area (Å²) in [6.45, 7) is 2.23. The number of hydrogen-bond acceptors (Lipinski definition) is 3. The van der Waals surface area contributed by atoms with Gasteiger partial charge < -0.3 is 10.2 Å². The summed E-state index contributed by atoms with van der Waals surface area (Å²) in [6, 6.07) is 3.76. The number of nitrogens with zero attached hydrogens (tertiary/aromatic N) is 2. The first-order valence-corrected chi connectivity index (χ1v) is 8.21. The number of aromatic nitrogens is 1. The van der Waals surface area contributed by atoms with E-state index in [4.69, 9.17) is 0 Å². The molecule has 0 spiro atoms. The Bertz CT molecular complexity index is 524. The predicted octanol–water partition coefficient (Wildman–Crippen LogP) is 1.74. The maximum atomic E-state index is 12.4. The van der Waals surface area contributed by atoms with E-state index in [-0.39, 0.29) is 23.7 Å². The third-order valence-corrected chi connectivity index (χ3v) is 4.58. The van der Waals surface area contributed by atoms with Gasteiger partial charge in [-0.2, -0.15) is 0 Å². The van der Waals surface area contributed by atoms with Crippen molar-refractivity contribution in [3.05, 3.63) is 30.1 Å². The van der Waals surface area contributed by atoms with E-state index in [1.165, 1.54) is 12.8 Å². The largest absolute Gasteiger partial charge is 0.352 e. The number of amides is 2. The third kappa shape index (κ3) is 3.64. The third-order valence-electron chi connectivity index (χ3n) is 4.58. The van der Waals surface area contributed by atoms with Crippen LogP contribution in [-0.4, -0.2) is 34.8 Å². The van der Waals surface area contributed by atoms with Gasteiger partial charge in [0.05, 0.1) is 11.8 Å². The van der Waals surface area contributed by atoms with E-state index >= 15 is 0 Å². The average molecular weight is 301 g/mol. The summed E-state index contributed by atoms with van der Waals surface area (Å²) in [5, 5.41) is 2.92. The molecule has 118 valence electrons. The highest BCUT2D eigenvalue weighted by atomic mass is 16.2. The molecule has 1 saturated carbocycles. The second-order valence-corrected chi connectivity index (χ2v) is 6.26. The molecule has 1 aliphatic heterocycles. The highest BCUT2D eigenvalue weighted by Gasteiger charge is 2.49. The minimum atomic E-state index is -0.127. The number of nitrogens with one attached hydrogen (secondary N) is 1. The summed E-state index contributed by atoms with van der Waals surface area (Å²) in [6.07, 6.45) is 8.75. The molecule has 1 aliphatic carbocycles. The van der Waals surface area contributed by atoms with Gasteiger partial charge >= 0.3 is 0 Å². The van der Waals surface area contributed by atoms with Gasteiger partial charge in [-0.3, -0.25) is 14.6 Å². The van der Waals surface area contributed by atoms with Gasteiger partial charge in [0, 0.05) is 32.0 Å². The summed E-state index contributed by atoms with van der Waals surface area (Å²) in [4.78, 5) is 30.5. The second-order valence-electron chi connectivity index (χ2n) is 6.26. The van der Waals surface area contributed by atoms with E-state index in [1.54, 1.807) is 12.4 Å². The Morgan fingerprint density at radius 2 is 1.77 bits per heavy atom. The SMILES string of the molecule is O=C(NCc1ccncc1)C1CC1C(=O)N1CCCCCC1. The summed E-state index contributed by atoms with van der Waals surface area (Å²) < 4.78 is 0. The van der Waals surface area contributed by atoms with Crippen molar-refractivity contribution in [3.8, 4) is 0 Å². The first-order valence-electron chi connectivity index (χ1n) is 8.21. The lowest BCUT2D eigenvalue weighted by atomic mass is 10.2. The van der Waals surface area contributed by atoms with Gasteiger partial charge in [-0.1, -0.05) is 12.8 Å². The van der Waals surface area contributed by atoms with Gasteiger partial charge in [0.25, 0.3) is 0 Å². The molecule has 1 aromatic heterocycles. The van der Waals surface area contributed by atoms with Crippen LogP contribution in [0.1, 0.15) is 37.7 Å². The Kier molecular flexibility index (Phi) is 4.71. The zero-order chi connectivity index (χ0) is 15.4. The van der Waals surface area contributed by atoms with Crippen molar-refractivity contribution in [1.82, 2.24) is 15.2 Å². The molecule has 1 aromatic rings. The van der Waals surface area contributed by atoms with Gasteiger partial charge in [0.15, 0.2) is 0 Å². The molecule has 2 heterocycles. The van der Waals surface area contributed by atoms with E-state index < -0.39 is 0 Å². The Morgan fingerprint density at radius 1 is 1.09 bits per heavy atom. The van der Waals surface area contributed by atoms with Crippen LogP contribution in [-0.2, 0) is 16.1 Å². The molecular weight excluding hydrogens is 278 g/mol. The molecule has 2 fully saturated rings. The zero-order valence-electron chi connectivity index (χ0n) is 12.8. The van der Waals surface area contributed by atoms with Crippen molar-refractivity contribution in [2.24, 2.45) is 11.8 Å². The molecule has 0 radical (unpaired) electrons. The zero-order valence-corrected chi connectivity index (χ0v) is 12.8. The fraction of sp³-hybridized carbons (Fsp3) is 0.588. The molecule has 1 N–H and O–H groups in total. The van der Waals surface area contributed by atoms with Crippen LogP contribution in [0.15, 0.2) is 24.5 Å². The number of rotatable bonds is 4. The number of pyridine rings is 1. The van der Waals surface area contributed by atoms with Crippen LogP contribution in [0.25, 0.3) is 0 Å². The molecule has 0 aromatic carbocycles. The van der Waals surface area contributed by atoms with E-state index in [0.29, 0.717) is 13.0 Å². The van der Waals surface area contributed by atoms with Gasteiger partial charge in [-0.25, -0.2) is 0 Å². The van der Waals surface area contributed by atoms with Crippen molar-refractivity contribution >= 4 is 11.8 Å². The fourth-order valence-electron chi connectivity index (χ4n) is 3.10. The Morgan fingerprint density at radius 3 is 2.45 bits per heavy atom. The highest BCUT2D eigenvalue weighted by Crippen LogP contribution is 2.40. The fourth-order valence-corrected chi connectivity index (χ4v) is 3.10. The highest BCUT2D eigenvalue weighted by molar-refractivity contribution is 5.92. The summed E-state index contributed by atoms with van der Waals surface area (Å²) in [7, 11) is 0. The lowest BCUT2D eigenvalue weighted by molar-refractivity contribution is -0.134. The van der Waals surface area contributed by atoms with Crippen molar-refractivity contribution < 1.29 is 9.59 Å². The minimum absolute atomic E-state index is 0.00461. The van der Waals surface area contributed by atoms with Crippen LogP contribution in [0.5, 0.6) is 0 Å². The molecule has 1 saturated heterocycles.